The summed E-state index contributed by atoms with van der Waals surface area (Å²) in [5.74, 6) is -1.83. The quantitative estimate of drug-likeness (QED) is 0.214. The molecule has 3 aliphatic heterocycles. The van der Waals surface area contributed by atoms with Gasteiger partial charge in [-0.3, -0.25) is 0 Å². The van der Waals surface area contributed by atoms with Gasteiger partial charge in [0.25, 0.3) is 0 Å². The van der Waals surface area contributed by atoms with E-state index in [0.29, 0.717) is 12.8 Å². The number of halogens is 1. The first-order valence-corrected chi connectivity index (χ1v) is 16.8. The first-order valence-electron chi connectivity index (χ1n) is 16.3. The number of rotatable bonds is 9. The maximum atomic E-state index is 12.2. The summed E-state index contributed by atoms with van der Waals surface area (Å²) in [6.45, 7) is 10.3. The van der Waals surface area contributed by atoms with Crippen molar-refractivity contribution in [3.8, 4) is 0 Å². The van der Waals surface area contributed by atoms with E-state index in [1.165, 1.54) is 12.7 Å². The molecule has 12 heteroatoms. The van der Waals surface area contributed by atoms with Crippen LogP contribution in [0, 0.1) is 23.2 Å². The molecule has 1 spiro atoms. The fourth-order valence-corrected chi connectivity index (χ4v) is 9.27. The molecule has 6 aliphatic rings. The minimum Gasteiger partial charge on any atom is -0.390 e. The molecule has 6 rings (SSSR count). The van der Waals surface area contributed by atoms with Crippen LogP contribution >= 0.6 is 11.6 Å². The third-order valence-electron chi connectivity index (χ3n) is 11.6. The standard InChI is InChI=1S/C33H51ClO11/c1-16(2)18-8-10-30(4)12-20-19(9-11-32(20,38)15-40-7)17(3)24(36)26(23(18)30)42-28-25(37)27-33(22(41-28)14-39-6)44-29(43-27)31(5,45-33)21(35)13-34/h12,16-17,19,21-22,24-29,35-38H,8-11,13-15H2,1-7H3/t17-,19+,21+,22?,24-,25?,26?,27?,28?,29?,30-,31+,32+,33+/m1/s1. The highest BCUT2D eigenvalue weighted by molar-refractivity contribution is 6.18. The Balaban J connectivity index is 1.37. The minimum absolute atomic E-state index is 0.0275. The number of aliphatic hydroxyl groups excluding tert-OH is 3. The van der Waals surface area contributed by atoms with Gasteiger partial charge in [-0.15, -0.1) is 11.6 Å². The van der Waals surface area contributed by atoms with Gasteiger partial charge in [-0.05, 0) is 61.5 Å². The van der Waals surface area contributed by atoms with Crippen molar-refractivity contribution in [3.63, 3.8) is 0 Å². The monoisotopic (exact) mass is 658 g/mol. The second-order valence-corrected chi connectivity index (χ2v) is 15.1. The Kier molecular flexibility index (Phi) is 9.14. The smallest absolute Gasteiger partial charge is 0.230 e. The molecule has 2 bridgehead atoms. The zero-order valence-corrected chi connectivity index (χ0v) is 28.2. The number of methoxy groups -OCH3 is 2. The molecule has 1 saturated carbocycles. The molecule has 0 aromatic heterocycles. The van der Waals surface area contributed by atoms with Gasteiger partial charge < -0.3 is 53.6 Å². The van der Waals surface area contributed by atoms with Crippen molar-refractivity contribution in [1.82, 2.24) is 0 Å². The Labute approximate surface area is 270 Å². The fraction of sp³-hybridized carbons (Fsp3) is 0.879. The Hall–Kier alpha value is -0.670. The molecule has 3 heterocycles. The largest absolute Gasteiger partial charge is 0.390 e. The topological polar surface area (TPSA) is 146 Å². The van der Waals surface area contributed by atoms with Crippen molar-refractivity contribution in [2.45, 2.75) is 126 Å². The van der Waals surface area contributed by atoms with Gasteiger partial charge in [0.05, 0.1) is 25.2 Å². The second-order valence-electron chi connectivity index (χ2n) is 14.7. The lowest BCUT2D eigenvalue weighted by atomic mass is 9.68. The summed E-state index contributed by atoms with van der Waals surface area (Å²) >= 11 is 5.98. The van der Waals surface area contributed by atoms with Crippen LogP contribution in [0.25, 0.3) is 0 Å². The number of hydrogen-bond donors (Lipinski definition) is 4. The lowest BCUT2D eigenvalue weighted by Gasteiger charge is -2.51. The molecule has 6 unspecified atom stereocenters. The molecule has 3 saturated heterocycles. The summed E-state index contributed by atoms with van der Waals surface area (Å²) in [6.07, 6.45) is -3.25. The Bertz CT molecular complexity index is 1200. The highest BCUT2D eigenvalue weighted by atomic mass is 35.5. The van der Waals surface area contributed by atoms with Crippen molar-refractivity contribution in [3.05, 3.63) is 22.8 Å². The van der Waals surface area contributed by atoms with E-state index >= 15 is 0 Å². The number of allylic oxidation sites excluding steroid dienone is 2. The normalized spacial score (nSPS) is 49.9. The van der Waals surface area contributed by atoms with Gasteiger partial charge in [-0.1, -0.05) is 39.3 Å². The van der Waals surface area contributed by atoms with Crippen LogP contribution in [0.15, 0.2) is 22.8 Å². The molecule has 4 fully saturated rings. The first kappa shape index (κ1) is 34.2. The predicted molar refractivity (Wildman–Crippen MR) is 162 cm³/mol. The molecule has 0 radical (unpaired) electrons. The zero-order chi connectivity index (χ0) is 32.7. The van der Waals surface area contributed by atoms with Crippen molar-refractivity contribution < 1.29 is 53.6 Å². The van der Waals surface area contributed by atoms with E-state index < -0.39 is 71.6 Å². The van der Waals surface area contributed by atoms with E-state index in [9.17, 15) is 20.4 Å². The summed E-state index contributed by atoms with van der Waals surface area (Å²) < 4.78 is 42.9. The number of aliphatic hydroxyl groups is 4. The summed E-state index contributed by atoms with van der Waals surface area (Å²) in [5, 5.41) is 46.3. The van der Waals surface area contributed by atoms with Crippen molar-refractivity contribution in [1.29, 1.82) is 0 Å². The number of ether oxygens (including phenoxy) is 7. The summed E-state index contributed by atoms with van der Waals surface area (Å²) in [5.41, 5.74) is 0.207. The average molecular weight is 659 g/mol. The molecule has 14 atom stereocenters. The van der Waals surface area contributed by atoms with Crippen LogP contribution in [-0.4, -0.2) is 120 Å². The van der Waals surface area contributed by atoms with Gasteiger partial charge in [0.1, 0.15) is 41.7 Å². The summed E-state index contributed by atoms with van der Waals surface area (Å²) in [7, 11) is 3.12. The molecule has 3 aliphatic carbocycles. The predicted octanol–water partition coefficient (Wildman–Crippen LogP) is 2.41. The highest BCUT2D eigenvalue weighted by Gasteiger charge is 2.75. The number of alkyl halides is 1. The van der Waals surface area contributed by atoms with Crippen LogP contribution in [0.4, 0.5) is 0 Å². The van der Waals surface area contributed by atoms with Gasteiger partial charge in [-0.25, -0.2) is 0 Å². The molecule has 4 N–H and O–H groups in total. The maximum absolute atomic E-state index is 12.2. The van der Waals surface area contributed by atoms with Crippen LogP contribution < -0.4 is 0 Å². The molecular formula is C33H51ClO11. The van der Waals surface area contributed by atoms with Crippen LogP contribution in [0.1, 0.15) is 60.3 Å². The Morgan fingerprint density at radius 3 is 2.47 bits per heavy atom. The van der Waals surface area contributed by atoms with Crippen LogP contribution in [0.5, 0.6) is 0 Å². The molecular weight excluding hydrogens is 608 g/mol. The van der Waals surface area contributed by atoms with Crippen molar-refractivity contribution >= 4 is 11.6 Å². The Morgan fingerprint density at radius 2 is 1.82 bits per heavy atom. The van der Waals surface area contributed by atoms with Crippen LogP contribution in [-0.2, 0) is 33.2 Å². The van der Waals surface area contributed by atoms with Gasteiger partial charge >= 0.3 is 0 Å². The minimum atomic E-state index is -1.56. The molecule has 256 valence electrons. The van der Waals surface area contributed by atoms with E-state index in [1.807, 2.05) is 6.92 Å². The van der Waals surface area contributed by atoms with E-state index in [4.69, 9.17) is 44.8 Å². The fourth-order valence-electron chi connectivity index (χ4n) is 8.97. The van der Waals surface area contributed by atoms with Gasteiger partial charge in [0.15, 0.2) is 12.6 Å². The van der Waals surface area contributed by atoms with Gasteiger partial charge in [-0.2, -0.15) is 0 Å². The average Bonchev–Trinajstić information content (AvgIpc) is 3.72. The zero-order valence-electron chi connectivity index (χ0n) is 27.4. The third kappa shape index (κ3) is 5.11. The molecule has 11 nitrogen and oxygen atoms in total. The van der Waals surface area contributed by atoms with Gasteiger partial charge in [0, 0.05) is 19.6 Å². The maximum Gasteiger partial charge on any atom is 0.230 e. The van der Waals surface area contributed by atoms with Gasteiger partial charge in [0.2, 0.25) is 5.79 Å². The van der Waals surface area contributed by atoms with Crippen LogP contribution in [0.2, 0.25) is 0 Å². The Morgan fingerprint density at radius 1 is 1.09 bits per heavy atom. The first-order chi connectivity index (χ1) is 21.2. The SMILES string of the molecule is COCC1OC(OC2C3=C(C(C)C)CC[C@]3(C)C=C3[C@@H](CC[C@]3(O)COC)[C@@H](C)[C@H]2O)C(O)C2OC3O[C@]12O[C@@]3(C)[C@@H](O)CCl. The van der Waals surface area contributed by atoms with Crippen LogP contribution in [0.3, 0.4) is 0 Å². The summed E-state index contributed by atoms with van der Waals surface area (Å²) in [6, 6.07) is 0. The summed E-state index contributed by atoms with van der Waals surface area (Å²) in [4.78, 5) is 0. The number of fused-ring (bicyclic) bond motifs is 3. The van der Waals surface area contributed by atoms with E-state index in [0.717, 1.165) is 24.0 Å². The lowest BCUT2D eigenvalue weighted by molar-refractivity contribution is -0.389. The molecule has 0 amide bonds. The van der Waals surface area contributed by atoms with Crippen molar-refractivity contribution in [2.24, 2.45) is 23.2 Å². The highest BCUT2D eigenvalue weighted by Crippen LogP contribution is 2.58. The molecule has 0 aromatic rings. The van der Waals surface area contributed by atoms with E-state index in [1.54, 1.807) is 14.0 Å². The molecule has 0 aromatic carbocycles. The lowest BCUT2D eigenvalue weighted by Crippen LogP contribution is -2.70. The second kappa shape index (κ2) is 12.0. The van der Waals surface area contributed by atoms with E-state index in [2.05, 4.69) is 26.8 Å². The molecule has 45 heavy (non-hydrogen) atoms. The van der Waals surface area contributed by atoms with E-state index in [-0.39, 0.29) is 36.8 Å². The van der Waals surface area contributed by atoms with Crippen molar-refractivity contribution in [2.75, 3.05) is 33.3 Å². The third-order valence-corrected chi connectivity index (χ3v) is 11.8. The number of hydrogen-bond acceptors (Lipinski definition) is 11.